The molecular weight excluding hydrogens is 281 g/mol. The summed E-state index contributed by atoms with van der Waals surface area (Å²) in [5.74, 6) is -0.552. The number of carbonyl (C=O) groups is 1. The second kappa shape index (κ2) is 5.88. The highest BCUT2D eigenvalue weighted by Crippen LogP contribution is 2.22. The minimum Gasteiger partial charge on any atom is -0.373 e. The van der Waals surface area contributed by atoms with Gasteiger partial charge in [-0.05, 0) is 30.7 Å². The lowest BCUT2D eigenvalue weighted by atomic mass is 10.2. The summed E-state index contributed by atoms with van der Waals surface area (Å²) in [4.78, 5) is 16.2. The smallest absolute Gasteiger partial charge is 0.275 e. The number of para-hydroxylation sites is 1. The number of aryl methyl sites for hydroxylation is 1. The molecule has 0 atom stereocenters. The van der Waals surface area contributed by atoms with Crippen LogP contribution in [0.5, 0.6) is 0 Å². The number of carbonyl (C=O) groups excluding carboxylic acids is 1. The minimum atomic E-state index is -0.555. The second-order valence-electron chi connectivity index (χ2n) is 4.16. The van der Waals surface area contributed by atoms with E-state index in [0.717, 1.165) is 0 Å². The Kier molecular flexibility index (Phi) is 4.20. The second-order valence-corrected chi connectivity index (χ2v) is 4.57. The Labute approximate surface area is 121 Å². The summed E-state index contributed by atoms with van der Waals surface area (Å²) in [6, 6.07) is 7.77. The molecule has 4 nitrogen and oxygen atoms in total. The average molecular weight is 294 g/mol. The van der Waals surface area contributed by atoms with Gasteiger partial charge in [-0.3, -0.25) is 4.79 Å². The molecule has 0 spiro atoms. The van der Waals surface area contributed by atoms with Crippen LogP contribution in [0.25, 0.3) is 0 Å². The zero-order valence-electron chi connectivity index (χ0n) is 11.0. The van der Waals surface area contributed by atoms with Gasteiger partial charge >= 0.3 is 0 Å². The SMILES string of the molecule is CNc1ccc(Cl)c(C(=O)Nc2c(C)cccc2F)n1. The lowest BCUT2D eigenvalue weighted by Gasteiger charge is -2.10. The molecule has 20 heavy (non-hydrogen) atoms. The summed E-state index contributed by atoms with van der Waals surface area (Å²) < 4.78 is 13.7. The standard InChI is InChI=1S/C14H13ClFN3O/c1-8-4-3-5-10(16)12(8)19-14(20)13-9(15)6-7-11(17-2)18-13/h3-7H,1-2H3,(H,17,18)(H,19,20). The number of hydrogen-bond donors (Lipinski definition) is 2. The van der Waals surface area contributed by atoms with Crippen molar-refractivity contribution in [2.45, 2.75) is 6.92 Å². The summed E-state index contributed by atoms with van der Waals surface area (Å²) >= 11 is 5.95. The summed E-state index contributed by atoms with van der Waals surface area (Å²) in [5, 5.41) is 5.51. The lowest BCUT2D eigenvalue weighted by molar-refractivity contribution is 0.102. The van der Waals surface area contributed by atoms with Crippen LogP contribution in [-0.2, 0) is 0 Å². The van der Waals surface area contributed by atoms with Crippen LogP contribution >= 0.6 is 11.6 Å². The molecule has 0 unspecified atom stereocenters. The highest BCUT2D eigenvalue weighted by atomic mass is 35.5. The fourth-order valence-corrected chi connectivity index (χ4v) is 1.89. The molecule has 0 fully saturated rings. The van der Waals surface area contributed by atoms with Crippen LogP contribution in [0.3, 0.4) is 0 Å². The Bertz CT molecular complexity index is 641. The van der Waals surface area contributed by atoms with E-state index in [0.29, 0.717) is 11.4 Å². The Balaban J connectivity index is 2.33. The maximum absolute atomic E-state index is 13.7. The molecule has 0 saturated carbocycles. The monoisotopic (exact) mass is 293 g/mol. The molecule has 0 aliphatic carbocycles. The van der Waals surface area contributed by atoms with E-state index in [1.165, 1.54) is 6.07 Å². The quantitative estimate of drug-likeness (QED) is 0.911. The maximum atomic E-state index is 13.7. The van der Waals surface area contributed by atoms with E-state index in [1.54, 1.807) is 38.2 Å². The first-order valence-corrected chi connectivity index (χ1v) is 6.31. The number of hydrogen-bond acceptors (Lipinski definition) is 3. The number of rotatable bonds is 3. The van der Waals surface area contributed by atoms with Crippen molar-refractivity contribution in [3.8, 4) is 0 Å². The van der Waals surface area contributed by atoms with Gasteiger partial charge in [0.25, 0.3) is 5.91 Å². The molecule has 2 aromatic rings. The van der Waals surface area contributed by atoms with Crippen molar-refractivity contribution in [3.05, 3.63) is 52.4 Å². The summed E-state index contributed by atoms with van der Waals surface area (Å²) in [7, 11) is 1.68. The topological polar surface area (TPSA) is 54.0 Å². The molecule has 104 valence electrons. The number of anilines is 2. The van der Waals surface area contributed by atoms with E-state index in [2.05, 4.69) is 15.6 Å². The molecule has 0 bridgehead atoms. The van der Waals surface area contributed by atoms with Gasteiger partial charge in [0, 0.05) is 7.05 Å². The van der Waals surface area contributed by atoms with Crippen LogP contribution in [0.1, 0.15) is 16.1 Å². The Morgan fingerprint density at radius 3 is 2.70 bits per heavy atom. The van der Waals surface area contributed by atoms with Crippen molar-refractivity contribution in [1.82, 2.24) is 4.98 Å². The largest absolute Gasteiger partial charge is 0.373 e. The third kappa shape index (κ3) is 2.88. The number of benzene rings is 1. The molecule has 0 aliphatic heterocycles. The third-order valence-electron chi connectivity index (χ3n) is 2.78. The summed E-state index contributed by atoms with van der Waals surface area (Å²) in [6.07, 6.45) is 0. The first kappa shape index (κ1) is 14.3. The van der Waals surface area contributed by atoms with Gasteiger partial charge in [-0.2, -0.15) is 0 Å². The highest BCUT2D eigenvalue weighted by molar-refractivity contribution is 6.34. The first-order valence-electron chi connectivity index (χ1n) is 5.93. The van der Waals surface area contributed by atoms with Crippen LogP contribution in [0.2, 0.25) is 5.02 Å². The number of nitrogens with zero attached hydrogens (tertiary/aromatic N) is 1. The predicted molar refractivity (Wildman–Crippen MR) is 77.9 cm³/mol. The maximum Gasteiger partial charge on any atom is 0.275 e. The van der Waals surface area contributed by atoms with Gasteiger partial charge in [0.15, 0.2) is 0 Å². The Hall–Kier alpha value is -2.14. The molecule has 1 amide bonds. The highest BCUT2D eigenvalue weighted by Gasteiger charge is 2.16. The van der Waals surface area contributed by atoms with E-state index in [9.17, 15) is 9.18 Å². The number of amides is 1. The van der Waals surface area contributed by atoms with E-state index >= 15 is 0 Å². The van der Waals surface area contributed by atoms with Crippen molar-refractivity contribution in [2.24, 2.45) is 0 Å². The minimum absolute atomic E-state index is 0.0427. The van der Waals surface area contributed by atoms with E-state index < -0.39 is 11.7 Å². The van der Waals surface area contributed by atoms with Gasteiger partial charge in [0.2, 0.25) is 0 Å². The van der Waals surface area contributed by atoms with E-state index in [4.69, 9.17) is 11.6 Å². The molecule has 0 radical (unpaired) electrons. The van der Waals surface area contributed by atoms with Crippen LogP contribution in [0, 0.1) is 12.7 Å². The fraction of sp³-hybridized carbons (Fsp3) is 0.143. The Morgan fingerprint density at radius 1 is 1.30 bits per heavy atom. The number of halogens is 2. The van der Waals surface area contributed by atoms with Crippen molar-refractivity contribution in [2.75, 3.05) is 17.7 Å². The van der Waals surface area contributed by atoms with Crippen molar-refractivity contribution in [1.29, 1.82) is 0 Å². The van der Waals surface area contributed by atoms with Crippen molar-refractivity contribution >= 4 is 29.0 Å². The Morgan fingerprint density at radius 2 is 2.05 bits per heavy atom. The molecular formula is C14H13ClFN3O. The van der Waals surface area contributed by atoms with Gasteiger partial charge in [-0.1, -0.05) is 23.7 Å². The molecule has 0 saturated heterocycles. The van der Waals surface area contributed by atoms with Gasteiger partial charge in [0.1, 0.15) is 17.3 Å². The summed E-state index contributed by atoms with van der Waals surface area (Å²) in [6.45, 7) is 1.71. The molecule has 2 rings (SSSR count). The summed E-state index contributed by atoms with van der Waals surface area (Å²) in [5.41, 5.74) is 0.797. The van der Waals surface area contributed by atoms with Gasteiger partial charge in [-0.15, -0.1) is 0 Å². The molecule has 1 heterocycles. The van der Waals surface area contributed by atoms with Crippen LogP contribution in [0.4, 0.5) is 15.9 Å². The van der Waals surface area contributed by atoms with Gasteiger partial charge in [-0.25, -0.2) is 9.37 Å². The van der Waals surface area contributed by atoms with E-state index in [-0.39, 0.29) is 16.4 Å². The van der Waals surface area contributed by atoms with Crippen LogP contribution in [0.15, 0.2) is 30.3 Å². The zero-order chi connectivity index (χ0) is 14.7. The first-order chi connectivity index (χ1) is 9.52. The molecule has 2 N–H and O–H groups in total. The number of aromatic nitrogens is 1. The zero-order valence-corrected chi connectivity index (χ0v) is 11.8. The van der Waals surface area contributed by atoms with Gasteiger partial charge in [0.05, 0.1) is 10.7 Å². The van der Waals surface area contributed by atoms with Crippen molar-refractivity contribution < 1.29 is 9.18 Å². The normalized spacial score (nSPS) is 10.2. The number of nitrogens with one attached hydrogen (secondary N) is 2. The van der Waals surface area contributed by atoms with Crippen LogP contribution < -0.4 is 10.6 Å². The fourth-order valence-electron chi connectivity index (χ4n) is 1.70. The van der Waals surface area contributed by atoms with Crippen LogP contribution in [-0.4, -0.2) is 17.9 Å². The average Bonchev–Trinajstić information content (AvgIpc) is 2.43. The van der Waals surface area contributed by atoms with E-state index in [1.807, 2.05) is 0 Å². The van der Waals surface area contributed by atoms with Gasteiger partial charge < -0.3 is 10.6 Å². The third-order valence-corrected chi connectivity index (χ3v) is 3.08. The molecule has 6 heteroatoms. The number of pyridine rings is 1. The predicted octanol–water partition coefficient (Wildman–Crippen LogP) is 3.48. The molecule has 1 aromatic heterocycles. The van der Waals surface area contributed by atoms with Crippen molar-refractivity contribution in [3.63, 3.8) is 0 Å². The molecule has 0 aliphatic rings. The lowest BCUT2D eigenvalue weighted by Crippen LogP contribution is -2.16. The molecule has 1 aromatic carbocycles.